The number of carbonyl (C=O) groups is 1. The van der Waals surface area contributed by atoms with Crippen molar-refractivity contribution in [3.8, 4) is 11.5 Å². The Morgan fingerprint density at radius 1 is 1.13 bits per heavy atom. The number of hydrogen-bond donors (Lipinski definition) is 0. The Morgan fingerprint density at radius 3 is 2.45 bits per heavy atom. The van der Waals surface area contributed by atoms with Gasteiger partial charge in [0.05, 0.1) is 18.1 Å². The van der Waals surface area contributed by atoms with Crippen molar-refractivity contribution in [2.24, 2.45) is 0 Å². The predicted molar refractivity (Wildman–Crippen MR) is 117 cm³/mol. The van der Waals surface area contributed by atoms with Crippen LogP contribution in [0.25, 0.3) is 0 Å². The average molecular weight is 429 g/mol. The number of morpholine rings is 1. The van der Waals surface area contributed by atoms with Crippen molar-refractivity contribution in [2.75, 3.05) is 43.2 Å². The molecule has 0 radical (unpaired) electrons. The van der Waals surface area contributed by atoms with E-state index in [2.05, 4.69) is 4.90 Å². The maximum atomic E-state index is 12.4. The first-order chi connectivity index (χ1) is 14.6. The molecule has 0 aromatic heterocycles. The molecular weight excluding hydrogens is 402 g/mol. The Hall–Kier alpha value is -3.33. The van der Waals surface area contributed by atoms with E-state index in [0.29, 0.717) is 24.7 Å². The third kappa shape index (κ3) is 5.85. The number of rotatable bonds is 5. The van der Waals surface area contributed by atoms with Crippen LogP contribution in [-0.2, 0) is 9.47 Å². The van der Waals surface area contributed by atoms with Crippen LogP contribution in [0.4, 0.5) is 21.9 Å². The summed E-state index contributed by atoms with van der Waals surface area (Å²) in [6.45, 7) is 8.13. The summed E-state index contributed by atoms with van der Waals surface area (Å²) in [5.41, 5.74) is 0.145. The molecule has 3 rings (SSSR count). The Balaban J connectivity index is 1.85. The highest BCUT2D eigenvalue weighted by Gasteiger charge is 2.26. The van der Waals surface area contributed by atoms with Gasteiger partial charge in [-0.3, -0.25) is 15.0 Å². The summed E-state index contributed by atoms with van der Waals surface area (Å²) >= 11 is 0. The normalized spacial score (nSPS) is 14.1. The van der Waals surface area contributed by atoms with E-state index < -0.39 is 16.6 Å². The number of nitrogens with zero attached hydrogens (tertiary/aromatic N) is 3. The number of benzene rings is 2. The third-order valence-electron chi connectivity index (χ3n) is 4.60. The first-order valence-corrected chi connectivity index (χ1v) is 10.00. The Labute approximate surface area is 181 Å². The van der Waals surface area contributed by atoms with Crippen molar-refractivity contribution >= 4 is 23.2 Å². The van der Waals surface area contributed by atoms with Gasteiger partial charge in [0.15, 0.2) is 0 Å². The van der Waals surface area contributed by atoms with Gasteiger partial charge in [-0.15, -0.1) is 0 Å². The van der Waals surface area contributed by atoms with Crippen LogP contribution in [0.1, 0.15) is 20.8 Å². The smallest absolute Gasteiger partial charge is 0.414 e. The van der Waals surface area contributed by atoms with Gasteiger partial charge in [0.25, 0.3) is 5.69 Å². The van der Waals surface area contributed by atoms with Gasteiger partial charge < -0.3 is 19.1 Å². The van der Waals surface area contributed by atoms with Crippen molar-refractivity contribution in [1.29, 1.82) is 0 Å². The molecule has 1 fully saturated rings. The van der Waals surface area contributed by atoms with Crippen molar-refractivity contribution in [3.63, 3.8) is 0 Å². The molecule has 0 unspecified atom stereocenters. The van der Waals surface area contributed by atoms with Crippen LogP contribution in [-0.4, -0.2) is 50.0 Å². The summed E-state index contributed by atoms with van der Waals surface area (Å²) in [5.74, 6) is 0.957. The molecule has 0 saturated carbocycles. The molecule has 2 aromatic rings. The maximum absolute atomic E-state index is 12.4. The molecule has 1 heterocycles. The standard InChI is InChI=1S/C22H27N3O6/c1-22(2,3)31-21(26)23(4)20-15-18(8-9-19(20)25(27)28)30-17-7-5-6-16(14-17)24-10-12-29-13-11-24/h5-9,14-15H,10-13H2,1-4H3. The number of nitro benzene ring substituents is 1. The fraction of sp³-hybridized carbons (Fsp3) is 0.409. The highest BCUT2D eigenvalue weighted by atomic mass is 16.6. The van der Waals surface area contributed by atoms with Gasteiger partial charge >= 0.3 is 6.09 Å². The van der Waals surface area contributed by atoms with Gasteiger partial charge in [-0.1, -0.05) is 6.07 Å². The molecule has 166 valence electrons. The van der Waals surface area contributed by atoms with Gasteiger partial charge in [0, 0.05) is 44.0 Å². The van der Waals surface area contributed by atoms with Gasteiger partial charge in [0.1, 0.15) is 22.8 Å². The van der Waals surface area contributed by atoms with Crippen LogP contribution in [0.5, 0.6) is 11.5 Å². The van der Waals surface area contributed by atoms with E-state index in [1.54, 1.807) is 20.8 Å². The quantitative estimate of drug-likeness (QED) is 0.506. The molecule has 0 spiro atoms. The molecule has 0 aliphatic carbocycles. The Morgan fingerprint density at radius 2 is 1.81 bits per heavy atom. The lowest BCUT2D eigenvalue weighted by atomic mass is 10.2. The summed E-state index contributed by atoms with van der Waals surface area (Å²) in [5, 5.41) is 11.5. The fourth-order valence-electron chi connectivity index (χ4n) is 3.12. The second kappa shape index (κ2) is 9.22. The van der Waals surface area contributed by atoms with Crippen molar-refractivity contribution in [1.82, 2.24) is 0 Å². The molecule has 2 aromatic carbocycles. The van der Waals surface area contributed by atoms with E-state index in [9.17, 15) is 14.9 Å². The predicted octanol–water partition coefficient (Wildman–Crippen LogP) is 4.60. The largest absolute Gasteiger partial charge is 0.457 e. The summed E-state index contributed by atoms with van der Waals surface area (Å²) in [6, 6.07) is 11.9. The first-order valence-electron chi connectivity index (χ1n) is 10.00. The minimum atomic E-state index is -0.728. The lowest BCUT2D eigenvalue weighted by molar-refractivity contribution is -0.384. The number of carbonyl (C=O) groups excluding carboxylic acids is 1. The van der Waals surface area contributed by atoms with E-state index in [1.807, 2.05) is 24.3 Å². The topological polar surface area (TPSA) is 94.4 Å². The van der Waals surface area contributed by atoms with Gasteiger partial charge in [-0.25, -0.2) is 4.79 Å². The minimum absolute atomic E-state index is 0.0843. The molecule has 1 amide bonds. The highest BCUT2D eigenvalue weighted by Crippen LogP contribution is 2.35. The second-order valence-electron chi connectivity index (χ2n) is 8.15. The van der Waals surface area contributed by atoms with Gasteiger partial charge in [-0.05, 0) is 39.0 Å². The molecule has 9 heteroatoms. The first kappa shape index (κ1) is 22.4. The molecule has 0 N–H and O–H groups in total. The number of ether oxygens (including phenoxy) is 3. The van der Waals surface area contributed by atoms with Crippen LogP contribution in [0.3, 0.4) is 0 Å². The molecule has 0 bridgehead atoms. The number of nitro groups is 1. The van der Waals surface area contributed by atoms with E-state index >= 15 is 0 Å². The van der Waals surface area contributed by atoms with Gasteiger partial charge in [-0.2, -0.15) is 0 Å². The fourth-order valence-corrected chi connectivity index (χ4v) is 3.12. The number of anilines is 2. The molecule has 1 aliphatic heterocycles. The lowest BCUT2D eigenvalue weighted by Gasteiger charge is -2.29. The zero-order valence-electron chi connectivity index (χ0n) is 18.2. The van der Waals surface area contributed by atoms with E-state index in [0.717, 1.165) is 23.7 Å². The summed E-state index contributed by atoms with van der Waals surface area (Å²) < 4.78 is 16.7. The zero-order valence-corrected chi connectivity index (χ0v) is 18.2. The van der Waals surface area contributed by atoms with Crippen molar-refractivity contribution in [3.05, 3.63) is 52.6 Å². The van der Waals surface area contributed by atoms with Crippen LogP contribution in [0.2, 0.25) is 0 Å². The van der Waals surface area contributed by atoms with Crippen molar-refractivity contribution < 1.29 is 23.9 Å². The third-order valence-corrected chi connectivity index (χ3v) is 4.60. The average Bonchev–Trinajstić information content (AvgIpc) is 2.72. The monoisotopic (exact) mass is 429 g/mol. The summed E-state index contributed by atoms with van der Waals surface area (Å²) in [7, 11) is 1.43. The van der Waals surface area contributed by atoms with Crippen LogP contribution >= 0.6 is 0 Å². The molecule has 9 nitrogen and oxygen atoms in total. The van der Waals surface area contributed by atoms with Gasteiger partial charge in [0.2, 0.25) is 0 Å². The Kier molecular flexibility index (Phi) is 6.65. The second-order valence-corrected chi connectivity index (χ2v) is 8.15. The minimum Gasteiger partial charge on any atom is -0.457 e. The van der Waals surface area contributed by atoms with E-state index in [1.165, 1.54) is 25.2 Å². The molecule has 0 atom stereocenters. The lowest BCUT2D eigenvalue weighted by Crippen LogP contribution is -2.36. The summed E-state index contributed by atoms with van der Waals surface area (Å²) in [6.07, 6.45) is -0.693. The Bertz CT molecular complexity index is 951. The highest BCUT2D eigenvalue weighted by molar-refractivity contribution is 5.90. The van der Waals surface area contributed by atoms with Crippen molar-refractivity contribution in [2.45, 2.75) is 26.4 Å². The van der Waals surface area contributed by atoms with Crippen LogP contribution in [0.15, 0.2) is 42.5 Å². The molecule has 1 aliphatic rings. The summed E-state index contributed by atoms with van der Waals surface area (Å²) in [4.78, 5) is 26.7. The SMILES string of the molecule is CN(C(=O)OC(C)(C)C)c1cc(Oc2cccc(N3CCOCC3)c2)ccc1[N+](=O)[O-]. The number of hydrogen-bond acceptors (Lipinski definition) is 7. The van der Waals surface area contributed by atoms with E-state index in [4.69, 9.17) is 14.2 Å². The van der Waals surface area contributed by atoms with Crippen LogP contribution < -0.4 is 14.5 Å². The molecule has 31 heavy (non-hydrogen) atoms. The molecule has 1 saturated heterocycles. The van der Waals surface area contributed by atoms with E-state index in [-0.39, 0.29) is 11.4 Å². The zero-order chi connectivity index (χ0) is 22.6. The van der Waals surface area contributed by atoms with Crippen LogP contribution in [0, 0.1) is 10.1 Å². The maximum Gasteiger partial charge on any atom is 0.414 e. The number of amides is 1. The molecular formula is C22H27N3O6.